The highest BCUT2D eigenvalue weighted by Crippen LogP contribution is 2.44. The molecule has 0 saturated heterocycles. The van der Waals surface area contributed by atoms with Gasteiger partial charge in [-0.25, -0.2) is 0 Å². The van der Waals surface area contributed by atoms with E-state index < -0.39 is 23.7 Å². The molecule has 0 fully saturated rings. The third-order valence-corrected chi connectivity index (χ3v) is 7.13. The molecule has 0 saturated carbocycles. The van der Waals surface area contributed by atoms with Crippen molar-refractivity contribution in [2.24, 2.45) is 5.92 Å². The lowest BCUT2D eigenvalue weighted by molar-refractivity contribution is -0.150. The van der Waals surface area contributed by atoms with Gasteiger partial charge in [0.2, 0.25) is 5.91 Å². The zero-order valence-electron chi connectivity index (χ0n) is 17.7. The van der Waals surface area contributed by atoms with Gasteiger partial charge in [-0.3, -0.25) is 9.59 Å². The van der Waals surface area contributed by atoms with Crippen LogP contribution in [0.3, 0.4) is 0 Å². The van der Waals surface area contributed by atoms with Crippen LogP contribution in [0.25, 0.3) is 0 Å². The highest BCUT2D eigenvalue weighted by Gasteiger charge is 2.44. The molecule has 1 aliphatic rings. The first-order valence-corrected chi connectivity index (χ1v) is 12.4. The molecule has 6 nitrogen and oxygen atoms in total. The summed E-state index contributed by atoms with van der Waals surface area (Å²) in [7, 11) is 1.19. The van der Waals surface area contributed by atoms with Crippen LogP contribution in [-0.4, -0.2) is 25.6 Å². The Labute approximate surface area is 214 Å². The number of nitrogens with one attached hydrogen (secondary N) is 1. The molecule has 33 heavy (non-hydrogen) atoms. The van der Waals surface area contributed by atoms with Gasteiger partial charge < -0.3 is 14.8 Å². The van der Waals surface area contributed by atoms with Gasteiger partial charge in [-0.2, -0.15) is 5.26 Å². The van der Waals surface area contributed by atoms with E-state index in [1.165, 1.54) is 18.9 Å². The van der Waals surface area contributed by atoms with Crippen molar-refractivity contribution in [1.29, 1.82) is 5.26 Å². The molecule has 1 aliphatic heterocycles. The molecule has 0 spiro atoms. The number of methoxy groups -OCH3 is 1. The van der Waals surface area contributed by atoms with Gasteiger partial charge in [-0.05, 0) is 42.3 Å². The fourth-order valence-electron chi connectivity index (χ4n) is 3.46. The smallest absolute Gasteiger partial charge is 0.319 e. The van der Waals surface area contributed by atoms with Crippen LogP contribution in [0.1, 0.15) is 24.0 Å². The van der Waals surface area contributed by atoms with Crippen molar-refractivity contribution >= 4 is 62.8 Å². The minimum Gasteiger partial charge on any atom is -0.491 e. The van der Waals surface area contributed by atoms with E-state index in [2.05, 4.69) is 27.3 Å². The van der Waals surface area contributed by atoms with Crippen LogP contribution in [0.15, 0.2) is 51.5 Å². The predicted octanol–water partition coefficient (Wildman–Crippen LogP) is 5.83. The highest BCUT2D eigenvalue weighted by atomic mass is 79.9. The summed E-state index contributed by atoms with van der Waals surface area (Å²) in [6.45, 7) is 2.15. The maximum atomic E-state index is 13.0. The number of rotatable bonds is 7. The van der Waals surface area contributed by atoms with E-state index in [-0.39, 0.29) is 15.6 Å². The number of benzene rings is 2. The topological polar surface area (TPSA) is 88.4 Å². The summed E-state index contributed by atoms with van der Waals surface area (Å²) in [5.41, 5.74) is 1.67. The second-order valence-corrected chi connectivity index (χ2v) is 9.70. The van der Waals surface area contributed by atoms with E-state index in [0.29, 0.717) is 28.7 Å². The van der Waals surface area contributed by atoms with E-state index >= 15 is 0 Å². The average Bonchev–Trinajstić information content (AvgIpc) is 2.79. The standard InChI is InChI=1S/C23H19BrCl2N2O4S/c1-3-32-20-16(25)8-13(9-17(20)26)18-15(10-27)22(28-21(29)19(18)23(30)31-2)33-11-12-4-6-14(24)7-5-12/h4-9,18-19H,3,11H2,1-2H3,(H,28,29)/t18-,19+/m0/s1. The summed E-state index contributed by atoms with van der Waals surface area (Å²) in [6, 6.07) is 13.0. The number of nitriles is 1. The van der Waals surface area contributed by atoms with Gasteiger partial charge >= 0.3 is 5.97 Å². The summed E-state index contributed by atoms with van der Waals surface area (Å²) < 4.78 is 11.3. The molecule has 1 amide bonds. The number of thioether (sulfide) groups is 1. The lowest BCUT2D eigenvalue weighted by Crippen LogP contribution is -2.44. The third-order valence-electron chi connectivity index (χ3n) is 4.95. The number of hydrogen-bond acceptors (Lipinski definition) is 6. The van der Waals surface area contributed by atoms with Crippen molar-refractivity contribution in [3.05, 3.63) is 72.6 Å². The number of allylic oxidation sites excluding steroid dienone is 1. The highest BCUT2D eigenvalue weighted by molar-refractivity contribution is 9.10. The fourth-order valence-corrected chi connectivity index (χ4v) is 5.34. The van der Waals surface area contributed by atoms with Gasteiger partial charge in [0.25, 0.3) is 0 Å². The maximum absolute atomic E-state index is 13.0. The summed E-state index contributed by atoms with van der Waals surface area (Å²) in [5, 5.41) is 13.6. The molecule has 0 radical (unpaired) electrons. The first-order valence-electron chi connectivity index (χ1n) is 9.82. The van der Waals surface area contributed by atoms with Crippen molar-refractivity contribution in [3.8, 4) is 11.8 Å². The minimum absolute atomic E-state index is 0.218. The van der Waals surface area contributed by atoms with Crippen molar-refractivity contribution < 1.29 is 19.1 Å². The molecule has 0 bridgehead atoms. The molecule has 0 aliphatic carbocycles. The number of hydrogen-bond donors (Lipinski definition) is 1. The molecule has 2 aromatic carbocycles. The third kappa shape index (κ3) is 5.67. The van der Waals surface area contributed by atoms with Crippen LogP contribution < -0.4 is 10.1 Å². The zero-order chi connectivity index (χ0) is 24.1. The van der Waals surface area contributed by atoms with Crippen LogP contribution in [0.4, 0.5) is 0 Å². The molecule has 2 aromatic rings. The van der Waals surface area contributed by atoms with Crippen molar-refractivity contribution in [2.75, 3.05) is 13.7 Å². The number of amides is 1. The fraction of sp³-hybridized carbons (Fsp3) is 0.261. The summed E-state index contributed by atoms with van der Waals surface area (Å²) in [4.78, 5) is 25.5. The van der Waals surface area contributed by atoms with Gasteiger partial charge in [0.05, 0.1) is 40.4 Å². The van der Waals surface area contributed by atoms with Gasteiger partial charge in [-0.1, -0.05) is 51.3 Å². The molecular formula is C23H19BrCl2N2O4S. The zero-order valence-corrected chi connectivity index (χ0v) is 21.6. The van der Waals surface area contributed by atoms with Crippen LogP contribution in [-0.2, 0) is 20.1 Å². The van der Waals surface area contributed by atoms with Gasteiger partial charge in [0.1, 0.15) is 5.92 Å². The lowest BCUT2D eigenvalue weighted by Gasteiger charge is -2.31. The Hall–Kier alpha value is -2.18. The van der Waals surface area contributed by atoms with Gasteiger partial charge in [0, 0.05) is 16.1 Å². The number of esters is 1. The van der Waals surface area contributed by atoms with E-state index in [9.17, 15) is 14.9 Å². The first kappa shape index (κ1) is 25.4. The molecule has 172 valence electrons. The van der Waals surface area contributed by atoms with Crippen LogP contribution >= 0.6 is 50.9 Å². The monoisotopic (exact) mass is 568 g/mol. The van der Waals surface area contributed by atoms with E-state index in [0.717, 1.165) is 10.0 Å². The molecular weight excluding hydrogens is 551 g/mol. The van der Waals surface area contributed by atoms with Gasteiger partial charge in [-0.15, -0.1) is 11.8 Å². The average molecular weight is 570 g/mol. The maximum Gasteiger partial charge on any atom is 0.319 e. The Morgan fingerprint density at radius 3 is 2.42 bits per heavy atom. The molecule has 1 heterocycles. The molecule has 3 rings (SSSR count). The molecule has 0 unspecified atom stereocenters. The van der Waals surface area contributed by atoms with Crippen molar-refractivity contribution in [2.45, 2.75) is 18.6 Å². The van der Waals surface area contributed by atoms with E-state index in [1.807, 2.05) is 24.3 Å². The number of halogens is 3. The van der Waals surface area contributed by atoms with Gasteiger partial charge in [0.15, 0.2) is 5.75 Å². The SMILES string of the molecule is CCOc1c(Cl)cc([C@H]2C(C#N)=C(SCc3ccc(Br)cc3)NC(=O)[C@@H]2C(=O)OC)cc1Cl. The Morgan fingerprint density at radius 1 is 1.24 bits per heavy atom. The Bertz CT molecular complexity index is 1130. The second kappa shape index (κ2) is 11.3. The number of carbonyl (C=O) groups is 2. The first-order chi connectivity index (χ1) is 15.8. The quantitative estimate of drug-likeness (QED) is 0.333. The van der Waals surface area contributed by atoms with Crippen molar-refractivity contribution in [3.63, 3.8) is 0 Å². The molecule has 0 aromatic heterocycles. The predicted molar refractivity (Wildman–Crippen MR) is 132 cm³/mol. The number of nitrogens with zero attached hydrogens (tertiary/aromatic N) is 1. The Kier molecular flexibility index (Phi) is 8.71. The Balaban J connectivity index is 2.07. The molecule has 1 N–H and O–H groups in total. The van der Waals surface area contributed by atoms with Crippen LogP contribution in [0.5, 0.6) is 5.75 Å². The summed E-state index contributed by atoms with van der Waals surface area (Å²) in [6.07, 6.45) is 0. The van der Waals surface area contributed by atoms with Crippen molar-refractivity contribution in [1.82, 2.24) is 5.32 Å². The largest absolute Gasteiger partial charge is 0.491 e. The van der Waals surface area contributed by atoms with E-state index in [4.69, 9.17) is 32.7 Å². The molecule has 10 heteroatoms. The molecule has 2 atom stereocenters. The van der Waals surface area contributed by atoms with Crippen LogP contribution in [0, 0.1) is 17.2 Å². The second-order valence-electron chi connectivity index (χ2n) is 6.98. The van der Waals surface area contributed by atoms with Crippen LogP contribution in [0.2, 0.25) is 10.0 Å². The lowest BCUT2D eigenvalue weighted by atomic mass is 9.78. The summed E-state index contributed by atoms with van der Waals surface area (Å²) >= 11 is 17.5. The summed E-state index contributed by atoms with van der Waals surface area (Å²) in [5.74, 6) is -2.71. The number of carbonyl (C=O) groups excluding carboxylic acids is 2. The minimum atomic E-state index is -1.27. The number of ether oxygens (including phenoxy) is 2. The normalized spacial score (nSPS) is 17.9. The Morgan fingerprint density at radius 2 is 1.88 bits per heavy atom. The van der Waals surface area contributed by atoms with E-state index in [1.54, 1.807) is 19.1 Å².